The zero-order chi connectivity index (χ0) is 22.1. The van der Waals surface area contributed by atoms with E-state index >= 15 is 0 Å². The molecule has 0 aliphatic carbocycles. The molecule has 1 aliphatic rings. The Bertz CT molecular complexity index is 1270. The van der Waals surface area contributed by atoms with Gasteiger partial charge in [-0.3, -0.25) is 0 Å². The SMILES string of the molecule is COc1cc(/C=C/c2nc3n(n2)CCC[C@H]3c2ccc(F)cc2)ccc1-n1cnc(C)c1. The second-order valence-electron chi connectivity index (χ2n) is 7.98. The predicted molar refractivity (Wildman–Crippen MR) is 121 cm³/mol. The number of ether oxygens (including phenoxy) is 1. The van der Waals surface area contributed by atoms with Crippen LogP contribution in [0, 0.1) is 12.7 Å². The van der Waals surface area contributed by atoms with Crippen molar-refractivity contribution in [2.75, 3.05) is 7.11 Å². The minimum absolute atomic E-state index is 0.136. The monoisotopic (exact) mass is 429 g/mol. The van der Waals surface area contributed by atoms with E-state index in [9.17, 15) is 4.39 Å². The summed E-state index contributed by atoms with van der Waals surface area (Å²) in [6, 6.07) is 12.7. The number of imidazole rings is 1. The fourth-order valence-electron chi connectivity index (χ4n) is 4.19. The van der Waals surface area contributed by atoms with E-state index < -0.39 is 0 Å². The summed E-state index contributed by atoms with van der Waals surface area (Å²) in [5, 5.41) is 4.67. The lowest BCUT2D eigenvalue weighted by Crippen LogP contribution is -2.17. The van der Waals surface area contributed by atoms with E-state index in [4.69, 9.17) is 9.72 Å². The van der Waals surface area contributed by atoms with Gasteiger partial charge in [0.05, 0.1) is 24.8 Å². The van der Waals surface area contributed by atoms with Gasteiger partial charge >= 0.3 is 0 Å². The van der Waals surface area contributed by atoms with Crippen LogP contribution in [0.25, 0.3) is 17.8 Å². The van der Waals surface area contributed by atoms with E-state index in [0.29, 0.717) is 5.82 Å². The lowest BCUT2D eigenvalue weighted by Gasteiger charge is -2.22. The molecule has 32 heavy (non-hydrogen) atoms. The van der Waals surface area contributed by atoms with Gasteiger partial charge in [-0.25, -0.2) is 19.0 Å². The molecule has 5 rings (SSSR count). The van der Waals surface area contributed by atoms with Gasteiger partial charge in [0, 0.05) is 18.7 Å². The highest BCUT2D eigenvalue weighted by Gasteiger charge is 2.25. The molecule has 0 spiro atoms. The van der Waals surface area contributed by atoms with E-state index in [1.54, 1.807) is 13.4 Å². The van der Waals surface area contributed by atoms with Crippen molar-refractivity contribution >= 4 is 12.2 Å². The van der Waals surface area contributed by atoms with Gasteiger partial charge in [-0.2, -0.15) is 5.10 Å². The second kappa shape index (κ2) is 8.42. The van der Waals surface area contributed by atoms with Crippen molar-refractivity contribution in [3.63, 3.8) is 0 Å². The molecule has 0 N–H and O–H groups in total. The first-order valence-corrected chi connectivity index (χ1v) is 10.7. The number of aromatic nitrogens is 5. The van der Waals surface area contributed by atoms with Gasteiger partial charge in [-0.15, -0.1) is 0 Å². The molecule has 0 fully saturated rings. The van der Waals surface area contributed by atoms with Crippen LogP contribution in [0.1, 0.15) is 47.2 Å². The molecule has 7 heteroatoms. The first-order valence-electron chi connectivity index (χ1n) is 10.7. The summed E-state index contributed by atoms with van der Waals surface area (Å²) in [6.07, 6.45) is 9.65. The van der Waals surface area contributed by atoms with Crippen molar-refractivity contribution < 1.29 is 9.13 Å². The molecule has 0 bridgehead atoms. The highest BCUT2D eigenvalue weighted by atomic mass is 19.1. The van der Waals surface area contributed by atoms with Crippen molar-refractivity contribution in [1.29, 1.82) is 0 Å². The maximum atomic E-state index is 13.3. The molecule has 4 aromatic rings. The zero-order valence-corrected chi connectivity index (χ0v) is 18.1. The topological polar surface area (TPSA) is 57.8 Å². The Kier molecular flexibility index (Phi) is 5.31. The van der Waals surface area contributed by atoms with E-state index in [2.05, 4.69) is 10.1 Å². The van der Waals surface area contributed by atoms with Crippen LogP contribution in [-0.2, 0) is 6.54 Å². The molecular weight excluding hydrogens is 405 g/mol. The van der Waals surface area contributed by atoms with Gasteiger partial charge in [-0.05, 0) is 61.2 Å². The number of benzene rings is 2. The van der Waals surface area contributed by atoms with Crippen LogP contribution in [0.3, 0.4) is 0 Å². The lowest BCUT2D eigenvalue weighted by atomic mass is 9.91. The normalized spacial score (nSPS) is 15.8. The number of hydrogen-bond donors (Lipinski definition) is 0. The number of fused-ring (bicyclic) bond motifs is 1. The first kappa shape index (κ1) is 20.2. The molecule has 0 saturated carbocycles. The summed E-state index contributed by atoms with van der Waals surface area (Å²) in [5.74, 6) is 2.28. The van der Waals surface area contributed by atoms with E-state index in [1.165, 1.54) is 12.1 Å². The molecule has 0 amide bonds. The molecule has 0 saturated heterocycles. The van der Waals surface area contributed by atoms with Crippen LogP contribution < -0.4 is 4.74 Å². The van der Waals surface area contributed by atoms with Crippen LogP contribution in [0.15, 0.2) is 55.0 Å². The Morgan fingerprint density at radius 2 is 1.97 bits per heavy atom. The molecule has 2 aromatic heterocycles. The molecule has 162 valence electrons. The number of hydrogen-bond acceptors (Lipinski definition) is 4. The van der Waals surface area contributed by atoms with E-state index in [0.717, 1.165) is 53.5 Å². The summed E-state index contributed by atoms with van der Waals surface area (Å²) < 4.78 is 22.9. The van der Waals surface area contributed by atoms with Gasteiger partial charge in [0.2, 0.25) is 0 Å². The summed E-state index contributed by atoms with van der Waals surface area (Å²) in [5.41, 5.74) is 3.95. The maximum Gasteiger partial charge on any atom is 0.174 e. The highest BCUT2D eigenvalue weighted by molar-refractivity contribution is 5.69. The van der Waals surface area contributed by atoms with Crippen molar-refractivity contribution in [3.05, 3.63) is 89.3 Å². The van der Waals surface area contributed by atoms with Gasteiger partial charge in [0.15, 0.2) is 5.82 Å². The minimum atomic E-state index is -0.223. The molecule has 1 aliphatic heterocycles. The molecule has 1 atom stereocenters. The van der Waals surface area contributed by atoms with Crippen LogP contribution in [-0.4, -0.2) is 31.4 Å². The van der Waals surface area contributed by atoms with Crippen LogP contribution in [0.2, 0.25) is 0 Å². The third-order valence-electron chi connectivity index (χ3n) is 5.78. The van der Waals surface area contributed by atoms with Crippen molar-refractivity contribution in [1.82, 2.24) is 24.3 Å². The zero-order valence-electron chi connectivity index (χ0n) is 18.1. The van der Waals surface area contributed by atoms with Crippen molar-refractivity contribution in [2.45, 2.75) is 32.2 Å². The number of nitrogens with zero attached hydrogens (tertiary/aromatic N) is 5. The average Bonchev–Trinajstić information content (AvgIpc) is 3.43. The molecule has 0 unspecified atom stereocenters. The minimum Gasteiger partial charge on any atom is -0.495 e. The predicted octanol–water partition coefficient (Wildman–Crippen LogP) is 5.02. The molecule has 3 heterocycles. The Morgan fingerprint density at radius 3 is 2.72 bits per heavy atom. The maximum absolute atomic E-state index is 13.3. The summed E-state index contributed by atoms with van der Waals surface area (Å²) in [4.78, 5) is 9.07. The third kappa shape index (κ3) is 3.93. The summed E-state index contributed by atoms with van der Waals surface area (Å²) in [7, 11) is 1.66. The smallest absolute Gasteiger partial charge is 0.174 e. The van der Waals surface area contributed by atoms with Crippen molar-refractivity contribution in [3.8, 4) is 11.4 Å². The highest BCUT2D eigenvalue weighted by Crippen LogP contribution is 2.32. The number of halogens is 1. The fourth-order valence-corrected chi connectivity index (χ4v) is 4.19. The Hall–Kier alpha value is -3.74. The molecular formula is C25H24FN5O. The van der Waals surface area contributed by atoms with Gasteiger partial charge in [-0.1, -0.05) is 24.3 Å². The molecule has 2 aromatic carbocycles. The fraction of sp³-hybridized carbons (Fsp3) is 0.240. The van der Waals surface area contributed by atoms with Crippen LogP contribution in [0.5, 0.6) is 5.75 Å². The van der Waals surface area contributed by atoms with Gasteiger partial charge < -0.3 is 9.30 Å². The van der Waals surface area contributed by atoms with Gasteiger partial charge in [0.1, 0.15) is 17.4 Å². The first-order chi connectivity index (χ1) is 15.6. The largest absolute Gasteiger partial charge is 0.495 e. The van der Waals surface area contributed by atoms with Crippen molar-refractivity contribution in [2.24, 2.45) is 0 Å². The standard InChI is InChI=1S/C25H24FN5O/c1-17-15-30(16-27-17)22-11-5-18(14-23(22)32-2)6-12-24-28-25-21(4-3-13-31(25)29-24)19-7-9-20(26)10-8-19/h5-12,14-16,21H,3-4,13H2,1-2H3/b12-6+/t21-/m0/s1. The Balaban J connectivity index is 1.40. The van der Waals surface area contributed by atoms with E-state index in [-0.39, 0.29) is 11.7 Å². The number of aryl methyl sites for hydroxylation is 2. The van der Waals surface area contributed by atoms with Crippen LogP contribution in [0.4, 0.5) is 4.39 Å². The van der Waals surface area contributed by atoms with E-state index in [1.807, 2.05) is 64.9 Å². The average molecular weight is 429 g/mol. The lowest BCUT2D eigenvalue weighted by molar-refractivity contribution is 0.413. The summed E-state index contributed by atoms with van der Waals surface area (Å²) in [6.45, 7) is 2.80. The molecule has 0 radical (unpaired) electrons. The quantitative estimate of drug-likeness (QED) is 0.447. The second-order valence-corrected chi connectivity index (χ2v) is 7.98. The van der Waals surface area contributed by atoms with Gasteiger partial charge in [0.25, 0.3) is 0 Å². The summed E-state index contributed by atoms with van der Waals surface area (Å²) >= 11 is 0. The Morgan fingerprint density at radius 1 is 1.12 bits per heavy atom. The molecule has 6 nitrogen and oxygen atoms in total. The van der Waals surface area contributed by atoms with Crippen LogP contribution >= 0.6 is 0 Å². The number of rotatable bonds is 5. The number of methoxy groups -OCH3 is 1. The Labute approximate surface area is 186 Å². The third-order valence-corrected chi connectivity index (χ3v) is 5.78.